The predicted octanol–water partition coefficient (Wildman–Crippen LogP) is 9.52. The van der Waals surface area contributed by atoms with Crippen LogP contribution in [-0.4, -0.2) is 101 Å². The van der Waals surface area contributed by atoms with E-state index < -0.39 is 50.4 Å². The van der Waals surface area contributed by atoms with Gasteiger partial charge in [-0.1, -0.05) is 26.3 Å². The Morgan fingerprint density at radius 3 is 0.839 bits per heavy atom. The SMILES string of the molecule is C=C(C)C(=O)OCCC[Si](C)(C)O[Si](C)(C)O[Si](C)(C)CCCOC(=O)C(=C)C.C=CC(=O)OCCC[Si](C)(C)O[Si](C)(C)O[Si](C)(C)CCCOC(=O)C=C. The monoisotopic (exact) mass is 892 g/mol. The lowest BCUT2D eigenvalue weighted by Gasteiger charge is -2.38. The van der Waals surface area contributed by atoms with Crippen LogP contribution in [-0.2, 0) is 54.6 Å². The Morgan fingerprint density at radius 1 is 0.429 bits per heavy atom. The van der Waals surface area contributed by atoms with Gasteiger partial charge in [-0.15, -0.1) is 0 Å². The standard InChI is InChI=1S/C20H40O6Si3.C18H36O6Si3/c1-17(2)19(21)23-13-11-15-27(5,6)25-29(9,10)26-28(7,8)16-12-14-24-20(22)18(3)4;1-9-17(19)21-13-11-15-25(3,4)23-27(7,8)24-26(5,6)16-12-14-22-18(20)10-2/h1,3,11-16H2,2,4-10H3;9-10H,1-2,11-16H2,3-8H3. The fourth-order valence-electron chi connectivity index (χ4n) is 5.94. The van der Waals surface area contributed by atoms with Crippen LogP contribution in [0.15, 0.2) is 49.6 Å². The van der Waals surface area contributed by atoms with Crippen molar-refractivity contribution < 1.29 is 54.6 Å². The number of carbonyl (C=O) groups excluding carboxylic acids is 4. The van der Waals surface area contributed by atoms with Gasteiger partial charge in [0, 0.05) is 23.3 Å². The number of rotatable bonds is 28. The summed E-state index contributed by atoms with van der Waals surface area (Å²) in [5, 5.41) is 0. The summed E-state index contributed by atoms with van der Waals surface area (Å²) >= 11 is 0. The van der Waals surface area contributed by atoms with Crippen molar-refractivity contribution in [3.63, 3.8) is 0 Å². The van der Waals surface area contributed by atoms with E-state index in [4.69, 9.17) is 35.4 Å². The molecule has 0 fully saturated rings. The minimum absolute atomic E-state index is 0.342. The summed E-state index contributed by atoms with van der Waals surface area (Å²) in [4.78, 5) is 45.1. The van der Waals surface area contributed by atoms with Crippen molar-refractivity contribution in [1.82, 2.24) is 0 Å². The highest BCUT2D eigenvalue weighted by molar-refractivity contribution is 6.88. The molecule has 12 nitrogen and oxygen atoms in total. The number of esters is 4. The largest absolute Gasteiger partial charge is 0.463 e. The van der Waals surface area contributed by atoms with Gasteiger partial charge >= 0.3 is 41.0 Å². The second-order valence-electron chi connectivity index (χ2n) is 17.2. The summed E-state index contributed by atoms with van der Waals surface area (Å²) in [6.45, 7) is 44.5. The maximum atomic E-state index is 11.4. The van der Waals surface area contributed by atoms with Crippen LogP contribution in [0.5, 0.6) is 0 Å². The first-order valence-electron chi connectivity index (χ1n) is 19.4. The average Bonchev–Trinajstić information content (AvgIpc) is 3.02. The average molecular weight is 894 g/mol. The van der Waals surface area contributed by atoms with E-state index in [1.165, 1.54) is 12.2 Å². The Kier molecular flexibility index (Phi) is 26.2. The third-order valence-electron chi connectivity index (χ3n) is 7.77. The van der Waals surface area contributed by atoms with Gasteiger partial charge in [0.1, 0.15) is 0 Å². The third-order valence-corrected chi connectivity index (χ3v) is 30.7. The smallest absolute Gasteiger partial charge is 0.333 e. The van der Waals surface area contributed by atoms with Gasteiger partial charge < -0.3 is 35.4 Å². The van der Waals surface area contributed by atoms with Crippen LogP contribution in [0.25, 0.3) is 0 Å². The fourth-order valence-corrected chi connectivity index (χ4v) is 33.9. The molecule has 56 heavy (non-hydrogen) atoms. The third kappa shape index (κ3) is 31.0. The molecule has 0 rings (SSSR count). The first kappa shape index (κ1) is 56.1. The van der Waals surface area contributed by atoms with Crippen LogP contribution in [0.3, 0.4) is 0 Å². The van der Waals surface area contributed by atoms with Gasteiger partial charge in [-0.2, -0.15) is 0 Å². The van der Waals surface area contributed by atoms with Crippen LogP contribution >= 0.6 is 0 Å². The highest BCUT2D eigenvalue weighted by atomic mass is 28.5. The van der Waals surface area contributed by atoms with Crippen molar-refractivity contribution in [3.8, 4) is 0 Å². The number of carbonyl (C=O) groups is 4. The van der Waals surface area contributed by atoms with E-state index in [1.807, 2.05) is 0 Å². The second kappa shape index (κ2) is 26.2. The first-order valence-corrected chi connectivity index (χ1v) is 37.5. The minimum atomic E-state index is -2.29. The summed E-state index contributed by atoms with van der Waals surface area (Å²) in [5.74, 6) is -1.46. The molecule has 0 radical (unpaired) electrons. The molecule has 0 aliphatic carbocycles. The molecular weight excluding hydrogens is 817 g/mol. The van der Waals surface area contributed by atoms with E-state index in [2.05, 4.69) is 105 Å². The molecule has 0 saturated carbocycles. The zero-order chi connectivity index (χ0) is 44.0. The summed E-state index contributed by atoms with van der Waals surface area (Å²) in [6, 6.07) is 3.59. The molecule has 0 atom stereocenters. The highest BCUT2D eigenvalue weighted by Gasteiger charge is 2.40. The molecule has 0 saturated heterocycles. The van der Waals surface area contributed by atoms with Gasteiger partial charge in [-0.05, 0) is 142 Å². The lowest BCUT2D eigenvalue weighted by Crippen LogP contribution is -2.52. The molecule has 0 aromatic rings. The van der Waals surface area contributed by atoms with Gasteiger partial charge in [0.25, 0.3) is 0 Å². The molecule has 0 amide bonds. The Hall–Kier alpha value is -2.02. The van der Waals surface area contributed by atoms with Crippen LogP contribution in [0.1, 0.15) is 39.5 Å². The van der Waals surface area contributed by atoms with Crippen LogP contribution in [0.2, 0.25) is 103 Å². The van der Waals surface area contributed by atoms with E-state index in [1.54, 1.807) is 13.8 Å². The minimum Gasteiger partial charge on any atom is -0.463 e. The van der Waals surface area contributed by atoms with Crippen LogP contribution < -0.4 is 0 Å². The van der Waals surface area contributed by atoms with Gasteiger partial charge in [0.2, 0.25) is 0 Å². The van der Waals surface area contributed by atoms with Crippen molar-refractivity contribution in [2.75, 3.05) is 26.4 Å². The number of ether oxygens (including phenoxy) is 4. The molecule has 0 spiro atoms. The van der Waals surface area contributed by atoms with E-state index in [-0.39, 0.29) is 23.9 Å². The van der Waals surface area contributed by atoms with Gasteiger partial charge in [0.15, 0.2) is 33.3 Å². The fraction of sp³-hybridized carbons (Fsp3) is 0.684. The summed E-state index contributed by atoms with van der Waals surface area (Å²) in [5.41, 5.74) is 0.836. The Bertz CT molecular complexity index is 1220. The Balaban J connectivity index is 0. The predicted molar refractivity (Wildman–Crippen MR) is 241 cm³/mol. The zero-order valence-electron chi connectivity index (χ0n) is 37.4. The molecule has 324 valence electrons. The van der Waals surface area contributed by atoms with E-state index in [9.17, 15) is 19.2 Å². The maximum absolute atomic E-state index is 11.4. The number of hydrogen-bond acceptors (Lipinski definition) is 12. The van der Waals surface area contributed by atoms with Crippen molar-refractivity contribution in [3.05, 3.63) is 49.6 Å². The molecular formula is C38H76O12Si6. The van der Waals surface area contributed by atoms with Gasteiger partial charge in [-0.25, -0.2) is 19.2 Å². The van der Waals surface area contributed by atoms with Crippen LogP contribution in [0, 0.1) is 0 Å². The topological polar surface area (TPSA) is 142 Å². The molecule has 0 aliphatic rings. The molecule has 0 aromatic heterocycles. The first-order chi connectivity index (χ1) is 25.4. The molecule has 0 aliphatic heterocycles. The highest BCUT2D eigenvalue weighted by Crippen LogP contribution is 2.27. The van der Waals surface area contributed by atoms with Crippen molar-refractivity contribution in [2.24, 2.45) is 0 Å². The number of hydrogen-bond donors (Lipinski definition) is 0. The molecule has 0 N–H and O–H groups in total. The van der Waals surface area contributed by atoms with E-state index in [0.717, 1.165) is 49.9 Å². The molecule has 0 unspecified atom stereocenters. The Labute approximate surface area is 345 Å². The van der Waals surface area contributed by atoms with E-state index in [0.29, 0.717) is 37.6 Å². The zero-order valence-corrected chi connectivity index (χ0v) is 43.4. The van der Waals surface area contributed by atoms with Gasteiger partial charge in [0.05, 0.1) is 26.4 Å². The quantitative estimate of drug-likeness (QED) is 0.0243. The van der Waals surface area contributed by atoms with Crippen molar-refractivity contribution in [2.45, 2.75) is 142 Å². The Morgan fingerprint density at radius 2 is 0.643 bits per heavy atom. The van der Waals surface area contributed by atoms with Gasteiger partial charge in [-0.3, -0.25) is 0 Å². The molecule has 0 aromatic carbocycles. The van der Waals surface area contributed by atoms with Crippen molar-refractivity contribution in [1.29, 1.82) is 0 Å². The molecule has 18 heteroatoms. The summed E-state index contributed by atoms with van der Waals surface area (Å²) in [6.07, 6.45) is 5.45. The second-order valence-corrected chi connectivity index (χ2v) is 42.2. The molecule has 0 heterocycles. The van der Waals surface area contributed by atoms with Crippen molar-refractivity contribution >= 4 is 74.3 Å². The summed E-state index contributed by atoms with van der Waals surface area (Å²) in [7, 11) is -12.3. The van der Waals surface area contributed by atoms with E-state index >= 15 is 0 Å². The summed E-state index contributed by atoms with van der Waals surface area (Å²) < 4.78 is 46.4. The normalized spacial score (nSPS) is 12.4. The van der Waals surface area contributed by atoms with Crippen LogP contribution in [0.4, 0.5) is 0 Å². The lowest BCUT2D eigenvalue weighted by molar-refractivity contribution is -0.139. The maximum Gasteiger partial charge on any atom is 0.333 e. The molecule has 0 bridgehead atoms. The lowest BCUT2D eigenvalue weighted by atomic mass is 10.4.